The summed E-state index contributed by atoms with van der Waals surface area (Å²) >= 11 is 6.36. The first-order valence-corrected chi connectivity index (χ1v) is 11.9. The summed E-state index contributed by atoms with van der Waals surface area (Å²) in [6.45, 7) is 8.51. The Morgan fingerprint density at radius 2 is 2.07 bits per heavy atom. The molecule has 1 atom stereocenters. The summed E-state index contributed by atoms with van der Waals surface area (Å²) in [5, 5.41) is 7.50. The second-order valence-electron chi connectivity index (χ2n) is 7.83. The van der Waals surface area contributed by atoms with Gasteiger partial charge in [-0.25, -0.2) is 13.1 Å². The summed E-state index contributed by atoms with van der Waals surface area (Å²) < 4.78 is 25.7. The van der Waals surface area contributed by atoms with Gasteiger partial charge >= 0.3 is 0 Å². The summed E-state index contributed by atoms with van der Waals surface area (Å²) in [6.07, 6.45) is 3.26. The molecule has 0 aliphatic carbocycles. The lowest BCUT2D eigenvalue weighted by Crippen LogP contribution is -2.52. The largest absolute Gasteiger partial charge is 0.368 e. The highest BCUT2D eigenvalue weighted by Crippen LogP contribution is 2.27. The van der Waals surface area contributed by atoms with Gasteiger partial charge in [0.2, 0.25) is 10.0 Å². The van der Waals surface area contributed by atoms with Crippen LogP contribution in [0.15, 0.2) is 29.3 Å². The van der Waals surface area contributed by atoms with E-state index in [9.17, 15) is 8.42 Å². The first-order chi connectivity index (χ1) is 13.1. The van der Waals surface area contributed by atoms with Crippen LogP contribution in [0.5, 0.6) is 0 Å². The zero-order chi connectivity index (χ0) is 20.8. The number of nitrogens with one attached hydrogen (secondary N) is 3. The van der Waals surface area contributed by atoms with Crippen LogP contribution in [0.2, 0.25) is 5.02 Å². The van der Waals surface area contributed by atoms with Crippen LogP contribution >= 0.6 is 11.6 Å². The molecule has 1 aromatic rings. The Morgan fingerprint density at radius 1 is 1.36 bits per heavy atom. The van der Waals surface area contributed by atoms with Crippen molar-refractivity contribution in [2.75, 3.05) is 37.3 Å². The van der Waals surface area contributed by atoms with Crippen molar-refractivity contribution in [1.82, 2.24) is 15.4 Å². The summed E-state index contributed by atoms with van der Waals surface area (Å²) in [5.74, 6) is 0.692. The highest BCUT2D eigenvalue weighted by molar-refractivity contribution is 7.88. The number of halogens is 1. The number of hydrogen-bond acceptors (Lipinski definition) is 4. The van der Waals surface area contributed by atoms with E-state index in [1.54, 1.807) is 0 Å². The molecule has 1 aliphatic heterocycles. The quantitative estimate of drug-likeness (QED) is 0.457. The zero-order valence-electron chi connectivity index (χ0n) is 17.1. The third-order valence-corrected chi connectivity index (χ3v) is 5.64. The summed E-state index contributed by atoms with van der Waals surface area (Å²) in [4.78, 5) is 6.90. The fourth-order valence-corrected chi connectivity index (χ4v) is 4.67. The molecule has 3 N–H and O–H groups in total. The maximum Gasteiger partial charge on any atom is 0.209 e. The number of anilines is 1. The average Bonchev–Trinajstić information content (AvgIpc) is 2.59. The second-order valence-corrected chi connectivity index (χ2v) is 9.99. The maximum atomic E-state index is 11.5. The maximum absolute atomic E-state index is 11.5. The first-order valence-electron chi connectivity index (χ1n) is 9.63. The molecule has 0 aromatic heterocycles. The summed E-state index contributed by atoms with van der Waals surface area (Å²) in [6, 6.07) is 8.13. The topological polar surface area (TPSA) is 85.8 Å². The number of rotatable bonds is 7. The molecule has 0 saturated carbocycles. The van der Waals surface area contributed by atoms with Crippen molar-refractivity contribution >= 4 is 33.3 Å². The molecule has 0 amide bonds. The first kappa shape index (κ1) is 22.8. The van der Waals surface area contributed by atoms with E-state index in [0.29, 0.717) is 12.5 Å². The lowest BCUT2D eigenvalue weighted by Gasteiger charge is -2.36. The Morgan fingerprint density at radius 3 is 2.71 bits per heavy atom. The third kappa shape index (κ3) is 7.48. The monoisotopic (exact) mass is 429 g/mol. The number of piperidine rings is 1. The Labute approximate surface area is 174 Å². The van der Waals surface area contributed by atoms with Crippen LogP contribution in [0.1, 0.15) is 33.6 Å². The van der Waals surface area contributed by atoms with Crippen LogP contribution in [0, 0.1) is 0 Å². The van der Waals surface area contributed by atoms with Crippen molar-refractivity contribution in [2.45, 2.75) is 45.2 Å². The Kier molecular flexibility index (Phi) is 7.97. The molecule has 0 spiro atoms. The molecule has 1 unspecified atom stereocenters. The highest BCUT2D eigenvalue weighted by atomic mass is 35.5. The van der Waals surface area contributed by atoms with E-state index < -0.39 is 15.6 Å². The van der Waals surface area contributed by atoms with Gasteiger partial charge in [0.1, 0.15) is 0 Å². The number of aliphatic imine (C=N–C) groups is 1. The van der Waals surface area contributed by atoms with Crippen molar-refractivity contribution in [3.8, 4) is 0 Å². The van der Waals surface area contributed by atoms with Crippen molar-refractivity contribution in [3.63, 3.8) is 0 Å². The fraction of sp³-hybridized carbons (Fsp3) is 0.632. The zero-order valence-corrected chi connectivity index (χ0v) is 18.7. The van der Waals surface area contributed by atoms with Gasteiger partial charge in [-0.3, -0.25) is 4.99 Å². The van der Waals surface area contributed by atoms with E-state index in [1.165, 1.54) is 0 Å². The molecule has 1 fully saturated rings. The predicted molar refractivity (Wildman–Crippen MR) is 118 cm³/mol. The molecule has 1 heterocycles. The van der Waals surface area contributed by atoms with Crippen LogP contribution in [0.3, 0.4) is 0 Å². The molecular formula is C19H32ClN5O2S. The average molecular weight is 430 g/mol. The Hall–Kier alpha value is -1.51. The number of guanidine groups is 1. The van der Waals surface area contributed by atoms with Gasteiger partial charge < -0.3 is 15.5 Å². The van der Waals surface area contributed by atoms with Crippen LogP contribution in [0.4, 0.5) is 5.69 Å². The van der Waals surface area contributed by atoms with E-state index in [1.807, 2.05) is 45.0 Å². The van der Waals surface area contributed by atoms with Crippen molar-refractivity contribution in [1.29, 1.82) is 0 Å². The van der Waals surface area contributed by atoms with Crippen LogP contribution < -0.4 is 20.3 Å². The predicted octanol–water partition coefficient (Wildman–Crippen LogP) is 2.19. The second kappa shape index (κ2) is 9.80. The van der Waals surface area contributed by atoms with Gasteiger partial charge in [0.15, 0.2) is 5.96 Å². The summed E-state index contributed by atoms with van der Waals surface area (Å²) in [7, 11) is -3.29. The molecule has 0 radical (unpaired) electrons. The van der Waals surface area contributed by atoms with Gasteiger partial charge in [-0.05, 0) is 45.7 Å². The number of hydrogen-bond donors (Lipinski definition) is 3. The minimum atomic E-state index is -3.29. The lowest BCUT2D eigenvalue weighted by molar-refractivity contribution is 0.454. The van der Waals surface area contributed by atoms with E-state index >= 15 is 0 Å². The fourth-order valence-electron chi connectivity index (χ4n) is 3.35. The van der Waals surface area contributed by atoms with E-state index in [0.717, 1.165) is 49.4 Å². The number of para-hydroxylation sites is 1. The molecule has 0 bridgehead atoms. The Bertz CT molecular complexity index is 782. The minimum Gasteiger partial charge on any atom is -0.368 e. The highest BCUT2D eigenvalue weighted by Gasteiger charge is 2.24. The van der Waals surface area contributed by atoms with Crippen LogP contribution in [0.25, 0.3) is 0 Å². The molecule has 1 saturated heterocycles. The van der Waals surface area contributed by atoms with E-state index in [4.69, 9.17) is 11.6 Å². The molecule has 9 heteroatoms. The molecule has 7 nitrogen and oxygen atoms in total. The van der Waals surface area contributed by atoms with E-state index in [-0.39, 0.29) is 6.04 Å². The molecular weight excluding hydrogens is 398 g/mol. The van der Waals surface area contributed by atoms with Crippen molar-refractivity contribution in [2.24, 2.45) is 4.99 Å². The van der Waals surface area contributed by atoms with Crippen molar-refractivity contribution in [3.05, 3.63) is 29.3 Å². The smallest absolute Gasteiger partial charge is 0.209 e. The summed E-state index contributed by atoms with van der Waals surface area (Å²) in [5.41, 5.74) is 0.391. The lowest BCUT2D eigenvalue weighted by atomic mass is 10.0. The standard InChI is InChI=1S/C19H32ClN5O2S/c1-5-21-18(22-14-19(2,3)24-28(4,26)27)23-15-9-8-12-25(13-15)17-11-7-6-10-16(17)20/h6-7,10-11,15,24H,5,8-9,12-14H2,1-4H3,(H2,21,22,23). The molecule has 1 aromatic carbocycles. The normalized spacial score (nSPS) is 18.8. The van der Waals surface area contributed by atoms with Crippen molar-refractivity contribution < 1.29 is 8.42 Å². The van der Waals surface area contributed by atoms with Crippen LogP contribution in [-0.4, -0.2) is 58.4 Å². The molecule has 28 heavy (non-hydrogen) atoms. The van der Waals surface area contributed by atoms with Gasteiger partial charge in [0.05, 0.1) is 23.5 Å². The van der Waals surface area contributed by atoms with Gasteiger partial charge in [0, 0.05) is 31.2 Å². The third-order valence-electron chi connectivity index (χ3n) is 4.39. The molecule has 158 valence electrons. The molecule has 1 aliphatic rings. The number of sulfonamides is 1. The molecule has 2 rings (SSSR count). The van der Waals surface area contributed by atoms with Gasteiger partial charge in [-0.1, -0.05) is 23.7 Å². The minimum absolute atomic E-state index is 0.230. The van der Waals surface area contributed by atoms with E-state index in [2.05, 4.69) is 25.2 Å². The van der Waals surface area contributed by atoms with Gasteiger partial charge in [0.25, 0.3) is 0 Å². The van der Waals surface area contributed by atoms with Crippen LogP contribution in [-0.2, 0) is 10.0 Å². The Balaban J connectivity index is 2.03. The van der Waals surface area contributed by atoms with Gasteiger partial charge in [-0.2, -0.15) is 0 Å². The number of nitrogens with zero attached hydrogens (tertiary/aromatic N) is 2. The number of benzene rings is 1. The SMILES string of the molecule is CCNC(=NCC(C)(C)NS(C)(=O)=O)NC1CCCN(c2ccccc2Cl)C1. The van der Waals surface area contributed by atoms with Gasteiger partial charge in [-0.15, -0.1) is 0 Å².